The van der Waals surface area contributed by atoms with Crippen LogP contribution in [0.1, 0.15) is 0 Å². The minimum Gasteiger partial charge on any atom is -0.505 e. The highest BCUT2D eigenvalue weighted by molar-refractivity contribution is 5.83. The quantitative estimate of drug-likeness (QED) is 0.653. The van der Waals surface area contributed by atoms with Crippen LogP contribution >= 0.6 is 0 Å². The first-order valence-electron chi connectivity index (χ1n) is 4.14. The molecular formula is C11H9FO3. The van der Waals surface area contributed by atoms with Crippen molar-refractivity contribution >= 4 is 17.2 Å². The van der Waals surface area contributed by atoms with Gasteiger partial charge >= 0.3 is 0 Å². The van der Waals surface area contributed by atoms with Gasteiger partial charge in [0.15, 0.2) is 11.6 Å². The molecule has 78 valence electrons. The second-order valence-corrected chi connectivity index (χ2v) is 2.76. The van der Waals surface area contributed by atoms with Crippen LogP contribution in [0.15, 0.2) is 36.4 Å². The molecule has 0 heterocycles. The van der Waals surface area contributed by atoms with Crippen molar-refractivity contribution in [3.05, 3.63) is 42.2 Å². The summed E-state index contributed by atoms with van der Waals surface area (Å²) in [6.45, 7) is -0.250. The van der Waals surface area contributed by atoms with E-state index < -0.39 is 5.82 Å². The smallest absolute Gasteiger partial charge is 0.290 e. The van der Waals surface area contributed by atoms with Crippen LogP contribution in [0, 0.1) is 5.82 Å². The van der Waals surface area contributed by atoms with Gasteiger partial charge in [-0.3, -0.25) is 4.79 Å². The van der Waals surface area contributed by atoms with Gasteiger partial charge in [0, 0.05) is 0 Å². The molecule has 2 rings (SSSR count). The average Bonchev–Trinajstić information content (AvgIpc) is 2.21. The van der Waals surface area contributed by atoms with Gasteiger partial charge in [0.05, 0.1) is 0 Å². The molecule has 0 atom stereocenters. The summed E-state index contributed by atoms with van der Waals surface area (Å²) in [5, 5.41) is 17.6. The number of aromatic hydroxyl groups is 1. The molecule has 0 aliphatic heterocycles. The van der Waals surface area contributed by atoms with E-state index >= 15 is 0 Å². The first-order valence-corrected chi connectivity index (χ1v) is 4.14. The zero-order valence-corrected chi connectivity index (χ0v) is 7.72. The lowest BCUT2D eigenvalue weighted by molar-refractivity contribution is -0.122. The maximum absolute atomic E-state index is 12.8. The average molecular weight is 208 g/mol. The van der Waals surface area contributed by atoms with E-state index in [1.807, 2.05) is 18.2 Å². The highest BCUT2D eigenvalue weighted by Crippen LogP contribution is 2.22. The molecule has 0 bridgehead atoms. The third-order valence-corrected chi connectivity index (χ3v) is 1.82. The van der Waals surface area contributed by atoms with Crippen molar-refractivity contribution in [3.8, 4) is 5.75 Å². The number of hydrogen-bond acceptors (Lipinski definition) is 2. The van der Waals surface area contributed by atoms with Crippen LogP contribution < -0.4 is 0 Å². The molecule has 0 saturated heterocycles. The molecule has 0 amide bonds. The summed E-state index contributed by atoms with van der Waals surface area (Å²) in [5.41, 5.74) is 0. The summed E-state index contributed by atoms with van der Waals surface area (Å²) in [7, 11) is 0. The molecule has 0 aliphatic carbocycles. The topological polar surface area (TPSA) is 57.5 Å². The van der Waals surface area contributed by atoms with Gasteiger partial charge in [-0.2, -0.15) is 0 Å². The van der Waals surface area contributed by atoms with Crippen LogP contribution in [-0.2, 0) is 4.79 Å². The summed E-state index contributed by atoms with van der Waals surface area (Å²) < 4.78 is 12.8. The fourth-order valence-corrected chi connectivity index (χ4v) is 1.20. The standard InChI is InChI=1S/C10H7FO.CH2O2/c11-9-5-7-3-1-2-4-8(7)6-10(9)12;2-1-3/h1-6,12H;1H,(H,2,3). The molecule has 0 fully saturated rings. The van der Waals surface area contributed by atoms with Crippen molar-refractivity contribution in [1.82, 2.24) is 0 Å². The lowest BCUT2D eigenvalue weighted by Crippen LogP contribution is -1.77. The van der Waals surface area contributed by atoms with Crippen LogP contribution in [0.25, 0.3) is 10.8 Å². The Kier molecular flexibility index (Phi) is 3.62. The number of fused-ring (bicyclic) bond motifs is 1. The molecule has 0 aromatic heterocycles. The Bertz CT molecular complexity index is 428. The van der Waals surface area contributed by atoms with E-state index in [1.165, 1.54) is 12.1 Å². The Morgan fingerprint density at radius 3 is 2.13 bits per heavy atom. The Hall–Kier alpha value is -2.10. The second kappa shape index (κ2) is 4.95. The van der Waals surface area contributed by atoms with Crippen molar-refractivity contribution in [2.24, 2.45) is 0 Å². The molecular weight excluding hydrogens is 199 g/mol. The lowest BCUT2D eigenvalue weighted by Gasteiger charge is -1.98. The first-order chi connectivity index (χ1) is 7.19. The summed E-state index contributed by atoms with van der Waals surface area (Å²) in [6, 6.07) is 10.1. The Morgan fingerprint density at radius 1 is 1.13 bits per heavy atom. The molecule has 2 aromatic carbocycles. The van der Waals surface area contributed by atoms with Crippen LogP contribution in [0.4, 0.5) is 4.39 Å². The molecule has 0 aliphatic rings. The van der Waals surface area contributed by atoms with Gasteiger partial charge in [0.25, 0.3) is 6.47 Å². The van der Waals surface area contributed by atoms with Gasteiger partial charge in [0.1, 0.15) is 0 Å². The Balaban J connectivity index is 0.000000337. The van der Waals surface area contributed by atoms with E-state index in [1.54, 1.807) is 6.07 Å². The van der Waals surface area contributed by atoms with Gasteiger partial charge in [-0.1, -0.05) is 24.3 Å². The fraction of sp³-hybridized carbons (Fsp3) is 0. The molecule has 0 saturated carbocycles. The number of carboxylic acid groups (broad SMARTS) is 1. The van der Waals surface area contributed by atoms with E-state index in [9.17, 15) is 4.39 Å². The molecule has 15 heavy (non-hydrogen) atoms. The number of halogens is 1. The van der Waals surface area contributed by atoms with Crippen LogP contribution in [-0.4, -0.2) is 16.7 Å². The summed E-state index contributed by atoms with van der Waals surface area (Å²) in [5.74, 6) is -0.873. The maximum Gasteiger partial charge on any atom is 0.290 e. The van der Waals surface area contributed by atoms with E-state index in [2.05, 4.69) is 0 Å². The SMILES string of the molecule is O=CO.Oc1cc2ccccc2cc1F. The Labute approximate surface area is 85.4 Å². The van der Waals surface area contributed by atoms with Crippen molar-refractivity contribution < 1.29 is 19.4 Å². The maximum atomic E-state index is 12.8. The van der Waals surface area contributed by atoms with Gasteiger partial charge in [-0.25, -0.2) is 4.39 Å². The number of phenols is 1. The Morgan fingerprint density at radius 2 is 1.60 bits per heavy atom. The molecule has 0 radical (unpaired) electrons. The van der Waals surface area contributed by atoms with E-state index in [-0.39, 0.29) is 12.2 Å². The summed E-state index contributed by atoms with van der Waals surface area (Å²) in [6.07, 6.45) is 0. The molecule has 4 heteroatoms. The normalized spacial score (nSPS) is 9.13. The fourth-order valence-electron chi connectivity index (χ4n) is 1.20. The number of hydrogen-bond donors (Lipinski definition) is 2. The second-order valence-electron chi connectivity index (χ2n) is 2.76. The molecule has 2 N–H and O–H groups in total. The van der Waals surface area contributed by atoms with Gasteiger partial charge in [0.2, 0.25) is 0 Å². The monoisotopic (exact) mass is 208 g/mol. The largest absolute Gasteiger partial charge is 0.505 e. The minimum atomic E-state index is -0.575. The highest BCUT2D eigenvalue weighted by atomic mass is 19.1. The first kappa shape index (κ1) is 11.0. The van der Waals surface area contributed by atoms with E-state index in [4.69, 9.17) is 15.0 Å². The third-order valence-electron chi connectivity index (χ3n) is 1.82. The van der Waals surface area contributed by atoms with Gasteiger partial charge in [-0.05, 0) is 22.9 Å². The van der Waals surface area contributed by atoms with E-state index in [0.717, 1.165) is 10.8 Å². The predicted octanol–water partition coefficient (Wildman–Crippen LogP) is 2.39. The number of phenolic OH excluding ortho intramolecular Hbond substituents is 1. The number of carbonyl (C=O) groups is 1. The summed E-state index contributed by atoms with van der Waals surface area (Å²) >= 11 is 0. The van der Waals surface area contributed by atoms with E-state index in [0.29, 0.717) is 0 Å². The van der Waals surface area contributed by atoms with Crippen molar-refractivity contribution in [2.75, 3.05) is 0 Å². The van der Waals surface area contributed by atoms with Crippen LogP contribution in [0.3, 0.4) is 0 Å². The molecule has 2 aromatic rings. The minimum absolute atomic E-state index is 0.250. The van der Waals surface area contributed by atoms with Crippen LogP contribution in [0.2, 0.25) is 0 Å². The third kappa shape index (κ3) is 2.67. The highest BCUT2D eigenvalue weighted by Gasteiger charge is 2.00. The zero-order valence-electron chi connectivity index (χ0n) is 7.72. The van der Waals surface area contributed by atoms with Crippen molar-refractivity contribution in [1.29, 1.82) is 0 Å². The predicted molar refractivity (Wildman–Crippen MR) is 54.3 cm³/mol. The van der Waals surface area contributed by atoms with Crippen molar-refractivity contribution in [3.63, 3.8) is 0 Å². The zero-order chi connectivity index (χ0) is 11.3. The molecule has 3 nitrogen and oxygen atoms in total. The molecule has 0 spiro atoms. The molecule has 0 unspecified atom stereocenters. The lowest BCUT2D eigenvalue weighted by atomic mass is 10.1. The summed E-state index contributed by atoms with van der Waals surface area (Å²) in [4.78, 5) is 8.36. The van der Waals surface area contributed by atoms with Gasteiger partial charge < -0.3 is 10.2 Å². The van der Waals surface area contributed by atoms with Crippen LogP contribution in [0.5, 0.6) is 5.75 Å². The number of rotatable bonds is 0. The number of benzene rings is 2. The van der Waals surface area contributed by atoms with Gasteiger partial charge in [-0.15, -0.1) is 0 Å². The van der Waals surface area contributed by atoms with Crippen molar-refractivity contribution in [2.45, 2.75) is 0 Å².